The van der Waals surface area contributed by atoms with Gasteiger partial charge in [0.1, 0.15) is 12.6 Å². The van der Waals surface area contributed by atoms with Gasteiger partial charge in [-0.25, -0.2) is 8.42 Å². The molecule has 0 bridgehead atoms. The molecule has 3 aromatic rings. The summed E-state index contributed by atoms with van der Waals surface area (Å²) in [6.07, 6.45) is 0.688. The van der Waals surface area contributed by atoms with E-state index in [-0.39, 0.29) is 34.8 Å². The van der Waals surface area contributed by atoms with E-state index >= 15 is 0 Å². The second-order valence-corrected chi connectivity index (χ2v) is 12.0. The molecule has 2 amide bonds. The average Bonchev–Trinajstić information content (AvgIpc) is 2.94. The maximum Gasteiger partial charge on any atom is 0.271 e. The maximum atomic E-state index is 13.9. The van der Waals surface area contributed by atoms with E-state index in [1.54, 1.807) is 43.3 Å². The summed E-state index contributed by atoms with van der Waals surface area (Å²) in [4.78, 5) is 39.0. The van der Waals surface area contributed by atoms with Crippen molar-refractivity contribution < 1.29 is 22.9 Å². The van der Waals surface area contributed by atoms with Crippen molar-refractivity contribution >= 4 is 49.1 Å². The molecule has 0 aliphatic heterocycles. The van der Waals surface area contributed by atoms with Gasteiger partial charge in [0.15, 0.2) is 0 Å². The number of nitro groups is 1. The SMILES string of the molecule is CC[C@@H](C)NC(=O)[C@@H](C)N(Cc1cccc(Br)c1)C(=O)CN(c1cccc([N+](=O)[O-])c1)S(=O)(=O)c1ccccc1. The Bertz CT molecular complexity index is 1470. The number of anilines is 1. The number of halogens is 1. The van der Waals surface area contributed by atoms with Crippen molar-refractivity contribution in [1.29, 1.82) is 0 Å². The smallest absolute Gasteiger partial charge is 0.271 e. The first-order valence-electron chi connectivity index (χ1n) is 12.6. The lowest BCUT2D eigenvalue weighted by molar-refractivity contribution is -0.384. The molecule has 1 N–H and O–H groups in total. The van der Waals surface area contributed by atoms with E-state index in [0.717, 1.165) is 20.4 Å². The highest BCUT2D eigenvalue weighted by atomic mass is 79.9. The molecule has 40 heavy (non-hydrogen) atoms. The van der Waals surface area contributed by atoms with Gasteiger partial charge in [0.2, 0.25) is 11.8 Å². The standard InChI is InChI=1S/C28H31BrN4O6S/c1-4-20(2)30-28(35)21(3)31(18-22-10-8-11-23(29)16-22)27(34)19-32(24-12-9-13-25(17-24)33(36)37)40(38,39)26-14-6-5-7-15-26/h5-17,20-21H,4,18-19H2,1-3H3,(H,30,35)/t20-,21-/m1/s1. The average molecular weight is 632 g/mol. The summed E-state index contributed by atoms with van der Waals surface area (Å²) < 4.78 is 29.1. The highest BCUT2D eigenvalue weighted by Crippen LogP contribution is 2.27. The number of nitrogens with one attached hydrogen (secondary N) is 1. The number of hydrogen-bond donors (Lipinski definition) is 1. The third-order valence-electron chi connectivity index (χ3n) is 6.35. The zero-order chi connectivity index (χ0) is 29.4. The van der Waals surface area contributed by atoms with Crippen LogP contribution < -0.4 is 9.62 Å². The summed E-state index contributed by atoms with van der Waals surface area (Å²) in [5.74, 6) is -1.04. The Kier molecular flexibility index (Phi) is 10.4. The summed E-state index contributed by atoms with van der Waals surface area (Å²) in [7, 11) is -4.32. The lowest BCUT2D eigenvalue weighted by Gasteiger charge is -2.32. The molecule has 0 aromatic heterocycles. The number of nitro benzene ring substituents is 1. The Labute approximate surface area is 242 Å². The second-order valence-electron chi connectivity index (χ2n) is 9.25. The minimum absolute atomic E-state index is 0.0293. The molecular formula is C28H31BrN4O6S. The first-order valence-corrected chi connectivity index (χ1v) is 14.8. The molecule has 212 valence electrons. The number of sulfonamides is 1. The summed E-state index contributed by atoms with van der Waals surface area (Å²) >= 11 is 3.41. The van der Waals surface area contributed by atoms with Gasteiger partial charge in [-0.05, 0) is 56.2 Å². The molecule has 0 aliphatic carbocycles. The van der Waals surface area contributed by atoms with E-state index in [9.17, 15) is 28.1 Å². The van der Waals surface area contributed by atoms with Crippen LogP contribution in [0.15, 0.2) is 88.2 Å². The largest absolute Gasteiger partial charge is 0.352 e. The van der Waals surface area contributed by atoms with Crippen molar-refractivity contribution in [3.63, 3.8) is 0 Å². The fourth-order valence-corrected chi connectivity index (χ4v) is 5.76. The van der Waals surface area contributed by atoms with Gasteiger partial charge in [0, 0.05) is 29.2 Å². The van der Waals surface area contributed by atoms with Crippen LogP contribution in [0.2, 0.25) is 0 Å². The first kappa shape index (κ1) is 30.8. The monoisotopic (exact) mass is 630 g/mol. The molecule has 0 spiro atoms. The minimum atomic E-state index is -4.32. The summed E-state index contributed by atoms with van der Waals surface area (Å²) in [5, 5.41) is 14.3. The Balaban J connectivity index is 2.06. The van der Waals surface area contributed by atoms with E-state index in [1.165, 1.54) is 35.2 Å². The molecule has 0 saturated carbocycles. The number of non-ortho nitro benzene ring substituents is 1. The van der Waals surface area contributed by atoms with E-state index in [1.807, 2.05) is 19.9 Å². The Hall–Kier alpha value is -3.77. The van der Waals surface area contributed by atoms with Gasteiger partial charge >= 0.3 is 0 Å². The molecule has 2 atom stereocenters. The van der Waals surface area contributed by atoms with Crippen molar-refractivity contribution in [3.05, 3.63) is 99.0 Å². The number of hydrogen-bond acceptors (Lipinski definition) is 6. The molecule has 10 nitrogen and oxygen atoms in total. The fraction of sp³-hybridized carbons (Fsp3) is 0.286. The lowest BCUT2D eigenvalue weighted by Crippen LogP contribution is -2.52. The molecule has 12 heteroatoms. The molecule has 0 heterocycles. The normalized spacial score (nSPS) is 12.7. The number of carbonyl (C=O) groups excluding carboxylic acids is 2. The van der Waals surface area contributed by atoms with E-state index < -0.39 is 33.4 Å². The van der Waals surface area contributed by atoms with Gasteiger partial charge in [0.05, 0.1) is 15.5 Å². The predicted octanol–water partition coefficient (Wildman–Crippen LogP) is 4.88. The van der Waals surface area contributed by atoms with Gasteiger partial charge in [-0.15, -0.1) is 0 Å². The number of benzene rings is 3. The zero-order valence-electron chi connectivity index (χ0n) is 22.4. The van der Waals surface area contributed by atoms with Crippen LogP contribution in [-0.2, 0) is 26.2 Å². The van der Waals surface area contributed by atoms with Crippen molar-refractivity contribution in [2.24, 2.45) is 0 Å². The van der Waals surface area contributed by atoms with Crippen molar-refractivity contribution in [3.8, 4) is 0 Å². The molecule has 0 unspecified atom stereocenters. The van der Waals surface area contributed by atoms with Crippen LogP contribution in [0.5, 0.6) is 0 Å². The minimum Gasteiger partial charge on any atom is -0.352 e. The van der Waals surface area contributed by atoms with Crippen LogP contribution in [0.3, 0.4) is 0 Å². The number of amides is 2. The van der Waals surface area contributed by atoms with E-state index in [0.29, 0.717) is 6.42 Å². The van der Waals surface area contributed by atoms with Crippen LogP contribution in [0.25, 0.3) is 0 Å². The molecule has 3 rings (SSSR count). The van der Waals surface area contributed by atoms with Gasteiger partial charge in [0.25, 0.3) is 15.7 Å². The second kappa shape index (κ2) is 13.5. The Morgan fingerprint density at radius 2 is 1.68 bits per heavy atom. The quantitative estimate of drug-likeness (QED) is 0.224. The van der Waals surface area contributed by atoms with Gasteiger partial charge < -0.3 is 10.2 Å². The highest BCUT2D eigenvalue weighted by molar-refractivity contribution is 9.10. The van der Waals surface area contributed by atoms with Crippen LogP contribution in [0.1, 0.15) is 32.8 Å². The van der Waals surface area contributed by atoms with Crippen LogP contribution in [0, 0.1) is 10.1 Å². The fourth-order valence-electron chi connectivity index (χ4n) is 3.89. The molecule has 0 radical (unpaired) electrons. The Morgan fingerprint density at radius 1 is 1.00 bits per heavy atom. The van der Waals surface area contributed by atoms with Crippen molar-refractivity contribution in [2.45, 2.75) is 50.7 Å². The van der Waals surface area contributed by atoms with Crippen LogP contribution in [-0.4, -0.2) is 48.7 Å². The van der Waals surface area contributed by atoms with Crippen molar-refractivity contribution in [2.75, 3.05) is 10.8 Å². The topological polar surface area (TPSA) is 130 Å². The van der Waals surface area contributed by atoms with Gasteiger partial charge in [-0.2, -0.15) is 0 Å². The zero-order valence-corrected chi connectivity index (χ0v) is 24.8. The van der Waals surface area contributed by atoms with Crippen molar-refractivity contribution in [1.82, 2.24) is 10.2 Å². The van der Waals surface area contributed by atoms with Gasteiger partial charge in [-0.1, -0.05) is 59.3 Å². The molecule has 0 fully saturated rings. The van der Waals surface area contributed by atoms with E-state index in [2.05, 4.69) is 21.2 Å². The number of carbonyl (C=O) groups is 2. The number of nitrogens with zero attached hydrogens (tertiary/aromatic N) is 3. The maximum absolute atomic E-state index is 13.9. The third-order valence-corrected chi connectivity index (χ3v) is 8.63. The molecular weight excluding hydrogens is 600 g/mol. The first-order chi connectivity index (χ1) is 18.9. The summed E-state index contributed by atoms with van der Waals surface area (Å²) in [5.41, 5.74) is 0.342. The van der Waals surface area contributed by atoms with Crippen LogP contribution in [0.4, 0.5) is 11.4 Å². The molecule has 0 saturated heterocycles. The van der Waals surface area contributed by atoms with Crippen LogP contribution >= 0.6 is 15.9 Å². The van der Waals surface area contributed by atoms with E-state index in [4.69, 9.17) is 0 Å². The molecule has 0 aliphatic rings. The summed E-state index contributed by atoms with van der Waals surface area (Å²) in [6, 6.07) is 18.7. The predicted molar refractivity (Wildman–Crippen MR) is 156 cm³/mol. The molecule has 3 aromatic carbocycles. The lowest BCUT2D eigenvalue weighted by atomic mass is 10.1. The summed E-state index contributed by atoms with van der Waals surface area (Å²) in [6.45, 7) is 4.69. The Morgan fingerprint density at radius 3 is 2.30 bits per heavy atom. The third kappa shape index (κ3) is 7.66. The number of rotatable bonds is 12. The van der Waals surface area contributed by atoms with Gasteiger partial charge in [-0.3, -0.25) is 24.0 Å². The highest BCUT2D eigenvalue weighted by Gasteiger charge is 2.33.